The average molecular weight is 248 g/mol. The molecule has 2 aromatic rings. The van der Waals surface area contributed by atoms with Crippen molar-refractivity contribution >= 4 is 17.3 Å². The Morgan fingerprint density at radius 2 is 1.88 bits per heavy atom. The van der Waals surface area contributed by atoms with Crippen molar-refractivity contribution in [2.45, 2.75) is 12.5 Å². The van der Waals surface area contributed by atoms with Crippen LogP contribution in [0.1, 0.15) is 27.7 Å². The fourth-order valence-electron chi connectivity index (χ4n) is 1.75. The van der Waals surface area contributed by atoms with Crippen LogP contribution < -0.4 is 0 Å². The van der Waals surface area contributed by atoms with Crippen LogP contribution >= 0.6 is 11.3 Å². The second kappa shape index (κ2) is 4.31. The van der Waals surface area contributed by atoms with E-state index >= 15 is 0 Å². The van der Waals surface area contributed by atoms with Gasteiger partial charge in [0.15, 0.2) is 0 Å². The Morgan fingerprint density at radius 3 is 2.47 bits per heavy atom. The number of hydrogen-bond donors (Lipinski definition) is 2. The third-order valence-electron chi connectivity index (χ3n) is 2.67. The number of rotatable bonds is 3. The van der Waals surface area contributed by atoms with E-state index in [2.05, 4.69) is 0 Å². The fraction of sp³-hybridized carbons (Fsp3) is 0.154. The first kappa shape index (κ1) is 11.8. The van der Waals surface area contributed by atoms with Crippen LogP contribution in [0.5, 0.6) is 0 Å². The minimum atomic E-state index is -1.27. The molecular weight excluding hydrogens is 236 g/mol. The monoisotopic (exact) mass is 248 g/mol. The molecule has 88 valence electrons. The van der Waals surface area contributed by atoms with Crippen molar-refractivity contribution in [2.24, 2.45) is 0 Å². The number of aromatic carboxylic acids is 1. The summed E-state index contributed by atoms with van der Waals surface area (Å²) in [6.07, 6.45) is 0. The van der Waals surface area contributed by atoms with E-state index in [-0.39, 0.29) is 5.56 Å². The van der Waals surface area contributed by atoms with Gasteiger partial charge in [-0.2, -0.15) is 0 Å². The molecule has 0 saturated heterocycles. The Balaban J connectivity index is 2.52. The lowest BCUT2D eigenvalue weighted by molar-refractivity contribution is 0.0674. The Morgan fingerprint density at radius 1 is 1.24 bits per heavy atom. The molecule has 0 amide bonds. The molecule has 1 atom stereocenters. The molecule has 3 nitrogen and oxygen atoms in total. The summed E-state index contributed by atoms with van der Waals surface area (Å²) in [6.45, 7) is 1.61. The maximum Gasteiger partial charge on any atom is 0.336 e. The molecule has 0 aliphatic heterocycles. The number of thiophene rings is 1. The van der Waals surface area contributed by atoms with E-state index in [1.165, 1.54) is 17.4 Å². The van der Waals surface area contributed by atoms with Crippen molar-refractivity contribution in [1.82, 2.24) is 0 Å². The molecule has 17 heavy (non-hydrogen) atoms. The quantitative estimate of drug-likeness (QED) is 0.878. The zero-order valence-electron chi connectivity index (χ0n) is 9.25. The summed E-state index contributed by atoms with van der Waals surface area (Å²) in [5.41, 5.74) is -0.433. The van der Waals surface area contributed by atoms with Gasteiger partial charge in [-0.25, -0.2) is 4.79 Å². The van der Waals surface area contributed by atoms with Gasteiger partial charge in [-0.3, -0.25) is 0 Å². The molecule has 0 saturated carbocycles. The van der Waals surface area contributed by atoms with Crippen LogP contribution in [-0.4, -0.2) is 16.2 Å². The lowest BCUT2D eigenvalue weighted by atomic mass is 9.92. The number of benzene rings is 1. The van der Waals surface area contributed by atoms with Crippen molar-refractivity contribution in [3.05, 3.63) is 57.8 Å². The third-order valence-corrected chi connectivity index (χ3v) is 3.80. The molecule has 1 aromatic heterocycles. The molecule has 0 aliphatic carbocycles. The Hall–Kier alpha value is -1.65. The molecule has 2 rings (SSSR count). The van der Waals surface area contributed by atoms with Crippen molar-refractivity contribution in [3.8, 4) is 0 Å². The molecule has 0 radical (unpaired) electrons. The fourth-order valence-corrected chi connectivity index (χ4v) is 2.72. The van der Waals surface area contributed by atoms with E-state index in [1.807, 2.05) is 18.2 Å². The number of carboxylic acid groups (broad SMARTS) is 1. The Bertz CT molecular complexity index is 529. The van der Waals surface area contributed by atoms with Crippen LogP contribution in [0.15, 0.2) is 41.8 Å². The first-order valence-corrected chi connectivity index (χ1v) is 6.00. The number of carbonyl (C=O) groups is 1. The summed E-state index contributed by atoms with van der Waals surface area (Å²) in [5.74, 6) is -1.02. The van der Waals surface area contributed by atoms with Crippen LogP contribution in [0, 0.1) is 0 Å². The second-order valence-corrected chi connectivity index (χ2v) is 4.82. The standard InChI is InChI=1S/C13H12O3S/c1-13(16,9-5-3-2-4-6-9)11-10(12(14)15)7-8-17-11/h2-8,16H,1H3,(H,14,15). The zero-order chi connectivity index (χ0) is 12.5. The van der Waals surface area contributed by atoms with E-state index in [9.17, 15) is 9.90 Å². The van der Waals surface area contributed by atoms with Gasteiger partial charge in [0, 0.05) is 0 Å². The van der Waals surface area contributed by atoms with E-state index in [4.69, 9.17) is 5.11 Å². The first-order chi connectivity index (χ1) is 8.03. The minimum Gasteiger partial charge on any atom is -0.478 e. The van der Waals surface area contributed by atoms with E-state index in [0.29, 0.717) is 10.4 Å². The Labute approximate surface area is 103 Å². The topological polar surface area (TPSA) is 57.5 Å². The van der Waals surface area contributed by atoms with Gasteiger partial charge in [0.25, 0.3) is 0 Å². The van der Waals surface area contributed by atoms with Gasteiger partial charge >= 0.3 is 5.97 Å². The van der Waals surface area contributed by atoms with Gasteiger partial charge in [-0.05, 0) is 23.9 Å². The molecule has 0 fully saturated rings. The predicted molar refractivity (Wildman–Crippen MR) is 66.4 cm³/mol. The molecule has 1 aromatic carbocycles. The zero-order valence-corrected chi connectivity index (χ0v) is 10.1. The summed E-state index contributed by atoms with van der Waals surface area (Å²) in [4.78, 5) is 11.5. The maximum atomic E-state index is 11.1. The van der Waals surface area contributed by atoms with Crippen LogP contribution in [0.3, 0.4) is 0 Å². The van der Waals surface area contributed by atoms with Gasteiger partial charge in [0.2, 0.25) is 0 Å². The van der Waals surface area contributed by atoms with E-state index in [0.717, 1.165) is 0 Å². The summed E-state index contributed by atoms with van der Waals surface area (Å²) in [5, 5.41) is 21.3. The lowest BCUT2D eigenvalue weighted by Crippen LogP contribution is -2.23. The van der Waals surface area contributed by atoms with Crippen molar-refractivity contribution < 1.29 is 15.0 Å². The summed E-state index contributed by atoms with van der Waals surface area (Å²) in [6, 6.07) is 10.6. The summed E-state index contributed by atoms with van der Waals surface area (Å²) in [7, 11) is 0. The van der Waals surface area contributed by atoms with Gasteiger partial charge in [0.1, 0.15) is 5.60 Å². The van der Waals surface area contributed by atoms with E-state index in [1.54, 1.807) is 24.4 Å². The van der Waals surface area contributed by atoms with Gasteiger partial charge in [-0.1, -0.05) is 30.3 Å². The Kier molecular flexibility index (Phi) is 3.00. The number of aliphatic hydroxyl groups is 1. The van der Waals surface area contributed by atoms with Crippen LogP contribution in [0.2, 0.25) is 0 Å². The second-order valence-electron chi connectivity index (χ2n) is 3.91. The summed E-state index contributed by atoms with van der Waals surface area (Å²) >= 11 is 1.25. The van der Waals surface area contributed by atoms with Crippen LogP contribution in [0.4, 0.5) is 0 Å². The van der Waals surface area contributed by atoms with Crippen molar-refractivity contribution in [2.75, 3.05) is 0 Å². The van der Waals surface area contributed by atoms with Crippen molar-refractivity contribution in [1.29, 1.82) is 0 Å². The van der Waals surface area contributed by atoms with E-state index < -0.39 is 11.6 Å². The van der Waals surface area contributed by atoms with Gasteiger partial charge in [-0.15, -0.1) is 11.3 Å². The first-order valence-electron chi connectivity index (χ1n) is 5.12. The molecule has 0 bridgehead atoms. The molecule has 0 aliphatic rings. The highest BCUT2D eigenvalue weighted by Gasteiger charge is 2.31. The largest absolute Gasteiger partial charge is 0.478 e. The molecule has 4 heteroatoms. The predicted octanol–water partition coefficient (Wildman–Crippen LogP) is 2.70. The number of hydrogen-bond acceptors (Lipinski definition) is 3. The lowest BCUT2D eigenvalue weighted by Gasteiger charge is -2.23. The van der Waals surface area contributed by atoms with Crippen LogP contribution in [-0.2, 0) is 5.60 Å². The maximum absolute atomic E-state index is 11.1. The smallest absolute Gasteiger partial charge is 0.336 e. The molecule has 1 unspecified atom stereocenters. The number of carboxylic acids is 1. The average Bonchev–Trinajstić information content (AvgIpc) is 2.80. The SMILES string of the molecule is CC(O)(c1ccccc1)c1sccc1C(=O)O. The molecular formula is C13H12O3S. The third kappa shape index (κ3) is 2.09. The highest BCUT2D eigenvalue weighted by atomic mass is 32.1. The molecule has 1 heterocycles. The minimum absolute atomic E-state index is 0.156. The van der Waals surface area contributed by atoms with Gasteiger partial charge in [0.05, 0.1) is 10.4 Å². The molecule has 0 spiro atoms. The molecule has 2 N–H and O–H groups in total. The normalized spacial score (nSPS) is 14.2. The van der Waals surface area contributed by atoms with Crippen LogP contribution in [0.25, 0.3) is 0 Å². The highest BCUT2D eigenvalue weighted by Crippen LogP contribution is 2.35. The van der Waals surface area contributed by atoms with Gasteiger partial charge < -0.3 is 10.2 Å². The highest BCUT2D eigenvalue weighted by molar-refractivity contribution is 7.10. The summed E-state index contributed by atoms with van der Waals surface area (Å²) < 4.78 is 0. The van der Waals surface area contributed by atoms with Crippen molar-refractivity contribution in [3.63, 3.8) is 0 Å².